The van der Waals surface area contributed by atoms with E-state index < -0.39 is 49.5 Å². The molecule has 4 bridgehead atoms. The van der Waals surface area contributed by atoms with Gasteiger partial charge in [-0.15, -0.1) is 23.5 Å². The third-order valence-corrected chi connectivity index (χ3v) is 21.7. The third-order valence-electron chi connectivity index (χ3n) is 16.7. The number of ether oxygens (including phenoxy) is 3. The maximum absolute atomic E-state index is 13.7. The Kier molecular flexibility index (Phi) is 14.0. The van der Waals surface area contributed by atoms with Crippen LogP contribution in [0.2, 0.25) is 0 Å². The molecule has 2 aromatic heterocycles. The molecule has 25 heteroatoms. The smallest absolute Gasteiger partial charge is 0.355 e. The van der Waals surface area contributed by atoms with Gasteiger partial charge in [0.05, 0.1) is 9.85 Å². The molecule has 2 aromatic carbocycles. The van der Waals surface area contributed by atoms with Crippen molar-refractivity contribution in [3.63, 3.8) is 0 Å². The van der Waals surface area contributed by atoms with E-state index in [0.717, 1.165) is 42.7 Å². The minimum absolute atomic E-state index is 0.0106. The molecule has 6 heterocycles. The average Bonchev–Trinajstić information content (AvgIpc) is 4.41. The second-order valence-electron chi connectivity index (χ2n) is 21.4. The van der Waals surface area contributed by atoms with Crippen LogP contribution in [0.15, 0.2) is 70.7 Å². The zero-order valence-corrected chi connectivity index (χ0v) is 47.5. The van der Waals surface area contributed by atoms with E-state index in [1.54, 1.807) is 10.8 Å². The number of thioether (sulfide) groups is 2. The number of esters is 3. The second kappa shape index (κ2) is 19.9. The highest BCUT2D eigenvalue weighted by Crippen LogP contribution is 2.65. The molecule has 21 nitrogen and oxygen atoms in total. The van der Waals surface area contributed by atoms with Gasteiger partial charge in [0.2, 0.25) is 5.91 Å². The van der Waals surface area contributed by atoms with Gasteiger partial charge < -0.3 is 14.2 Å². The van der Waals surface area contributed by atoms with Gasteiger partial charge in [-0.2, -0.15) is 10.2 Å². The summed E-state index contributed by atoms with van der Waals surface area (Å²) in [7, 11) is 3.85. The van der Waals surface area contributed by atoms with Crippen molar-refractivity contribution in [2.24, 2.45) is 36.8 Å². The Morgan fingerprint density at radius 3 is 1.75 bits per heavy atom. The molecule has 6 unspecified atom stereocenters. The Morgan fingerprint density at radius 1 is 0.779 bits per heavy atom. The number of hydrogen-bond acceptors (Lipinski definition) is 17. The molecule has 6 aliphatic carbocycles. The van der Waals surface area contributed by atoms with E-state index in [1.165, 1.54) is 106 Å². The average molecular weight is 1220 g/mol. The number of non-ortho nitro benzene ring substituents is 2. The summed E-state index contributed by atoms with van der Waals surface area (Å²) in [4.78, 5) is 96.4. The van der Waals surface area contributed by atoms with Crippen molar-refractivity contribution < 1.29 is 52.8 Å². The lowest BCUT2D eigenvalue weighted by molar-refractivity contribution is -0.385. The summed E-state index contributed by atoms with van der Waals surface area (Å²) in [5, 5.41) is 33.0. The third kappa shape index (κ3) is 8.91. The number of β-lactam (4-membered cyclic amide) rings is 2. The minimum atomic E-state index is -1.32. The van der Waals surface area contributed by atoms with Crippen LogP contribution in [0.5, 0.6) is 0 Å². The van der Waals surface area contributed by atoms with Gasteiger partial charge in [0.25, 0.3) is 17.3 Å². The number of carbonyl (C=O) groups excluding carboxylic acids is 6. The zero-order valence-electron chi connectivity index (χ0n) is 42.7. The van der Waals surface area contributed by atoms with Gasteiger partial charge in [0, 0.05) is 90.5 Å². The Labute approximate surface area is 466 Å². The van der Waals surface area contributed by atoms with Crippen LogP contribution < -0.4 is 0 Å². The van der Waals surface area contributed by atoms with Gasteiger partial charge in [-0.3, -0.25) is 58.6 Å². The first kappa shape index (κ1) is 54.2. The normalized spacial score (nSPS) is 26.9. The van der Waals surface area contributed by atoms with E-state index in [9.17, 15) is 49.0 Å². The lowest BCUT2D eigenvalue weighted by atomic mass is 9.48. The quantitative estimate of drug-likeness (QED) is 0.0245. The van der Waals surface area contributed by atoms with Crippen LogP contribution in [-0.2, 0) is 78.3 Å². The summed E-state index contributed by atoms with van der Waals surface area (Å²) in [6.07, 6.45) is 4.13. The summed E-state index contributed by atoms with van der Waals surface area (Å²) in [5.74, 6) is -0.194. The van der Waals surface area contributed by atoms with Gasteiger partial charge in [0.15, 0.2) is 16.7 Å². The highest BCUT2D eigenvalue weighted by molar-refractivity contribution is 9.10. The molecule has 0 radical (unpaired) electrons. The van der Waals surface area contributed by atoms with Crippen molar-refractivity contribution in [2.75, 3.05) is 0 Å². The van der Waals surface area contributed by atoms with Crippen LogP contribution in [-0.4, -0.2) is 95.1 Å². The fourth-order valence-electron chi connectivity index (χ4n) is 12.0. The Hall–Kier alpha value is -6.18. The molecule has 9 atom stereocenters. The Balaban J connectivity index is 0.000000151. The number of aromatic nitrogens is 4. The number of nitro groups is 2. The number of aryl methyl sites for hydroxylation is 2. The van der Waals surface area contributed by atoms with E-state index in [1.807, 2.05) is 23.5 Å². The van der Waals surface area contributed by atoms with E-state index in [0.29, 0.717) is 45.7 Å². The molecule has 4 aromatic rings. The summed E-state index contributed by atoms with van der Waals surface area (Å²) >= 11 is 9.55. The highest BCUT2D eigenvalue weighted by Gasteiger charge is 2.70. The number of fused-ring (bicyclic) bond motifs is 2. The lowest BCUT2D eigenvalue weighted by Crippen LogP contribution is -2.70. The first-order valence-electron chi connectivity index (χ1n) is 24.7. The van der Waals surface area contributed by atoms with Gasteiger partial charge in [-0.25, -0.2) is 9.59 Å². The maximum atomic E-state index is 13.7. The van der Waals surface area contributed by atoms with E-state index in [4.69, 9.17) is 19.3 Å². The van der Waals surface area contributed by atoms with Crippen LogP contribution >= 0.6 is 55.4 Å². The molecule has 404 valence electrons. The molecule has 10 aliphatic rings. The molecular weight excluding hydrogens is 1170 g/mol. The molecule has 4 fully saturated rings. The molecule has 0 N–H and O–H groups in total. The number of benzene rings is 2. The molecule has 2 saturated heterocycles. The molecule has 14 rings (SSSR count). The van der Waals surface area contributed by atoms with E-state index in [-0.39, 0.29) is 57.5 Å². The molecule has 0 spiro atoms. The molecule has 2 amide bonds. The van der Waals surface area contributed by atoms with Gasteiger partial charge in [0.1, 0.15) is 51.6 Å². The van der Waals surface area contributed by atoms with Crippen LogP contribution in [0.4, 0.5) is 11.4 Å². The zero-order chi connectivity index (χ0) is 55.4. The Bertz CT molecular complexity index is 3270. The van der Waals surface area contributed by atoms with Crippen LogP contribution in [0.25, 0.3) is 0 Å². The van der Waals surface area contributed by atoms with Crippen LogP contribution in [0, 0.1) is 42.9 Å². The van der Waals surface area contributed by atoms with Gasteiger partial charge in [-0.05, 0) is 83.7 Å². The number of nitrogens with zero attached hydrogens (tertiary/aromatic N) is 8. The number of halogens is 2. The first-order valence-corrected chi connectivity index (χ1v) is 28.2. The highest BCUT2D eigenvalue weighted by atomic mass is 79.9. The minimum Gasteiger partial charge on any atom is -0.456 e. The number of carbonyl (C=O) groups is 6. The van der Waals surface area contributed by atoms with Crippen molar-refractivity contribution in [3.8, 4) is 0 Å². The van der Waals surface area contributed by atoms with Crippen molar-refractivity contribution >= 4 is 103 Å². The number of aldehydes is 1. The van der Waals surface area contributed by atoms with E-state index >= 15 is 0 Å². The second-order valence-corrected chi connectivity index (χ2v) is 25.7. The molecule has 4 aliphatic heterocycles. The fourth-order valence-corrected chi connectivity index (χ4v) is 16.1. The SMILES string of the molecule is CC(=O)OC(c1nn(C)c2c1CC1CC2C1(C)C)C1(Br)C(=O)N2C(C(=O)OCc3ccc([N+](=O)[O-])cc3)=CS[C@@H]21.Cn1nc(C=O)c2c1C1CC(C2)C1(C)C.O=C(OCc1ccc([N+](=O)[O-])cc1)C1=CS[C@@H]2[C@@H](Br)C(=O)N12. The fraction of sp³-hybridized carbons (Fsp3) is 0.462. The summed E-state index contributed by atoms with van der Waals surface area (Å²) in [5.41, 5.74) is 7.95. The van der Waals surface area contributed by atoms with Crippen molar-refractivity contribution in [1.29, 1.82) is 0 Å². The first-order chi connectivity index (χ1) is 36.4. The molecular formula is C52H52Br2N8O13S2. The standard InChI is InChI=1S/C27H27BrN4O7S.C13H9BrN2O5S.C12H16N2O/c1-13(33)39-22(20-17-9-15-10-18(26(15,2)3)21(17)30(4)29-20)27(28)24(35)31-19(12-40-25(27)31)23(34)38-11-14-5-7-16(8-6-14)32(36)37;14-10-11(17)15-9(6-22-12(10)15)13(18)21-5-7-1-3-8(4-2-7)16(19)20;1-12(2)7-4-8-10(6-15)13-14(3)11(8)9(12)5-7/h5-8,12,15,18,22,25H,9-11H2,1-4H3;1-4,6,10,12H,5H2;6-7,9H,4-5H2,1-3H3/t15?,18?,22?,25-,27?;10-,12+;/m10./s1. The monoisotopic (exact) mass is 1220 g/mol. The predicted octanol–water partition coefficient (Wildman–Crippen LogP) is 8.33. The predicted molar refractivity (Wildman–Crippen MR) is 286 cm³/mol. The molecule has 77 heavy (non-hydrogen) atoms. The largest absolute Gasteiger partial charge is 0.456 e. The van der Waals surface area contributed by atoms with Gasteiger partial charge in [-0.1, -0.05) is 59.6 Å². The number of nitro benzene ring substituents is 2. The summed E-state index contributed by atoms with van der Waals surface area (Å²) in [6, 6.07) is 11.4. The Morgan fingerprint density at radius 2 is 1.26 bits per heavy atom. The van der Waals surface area contributed by atoms with Gasteiger partial charge >= 0.3 is 17.9 Å². The van der Waals surface area contributed by atoms with Crippen molar-refractivity contribution in [1.82, 2.24) is 29.4 Å². The molecule has 2 saturated carbocycles. The van der Waals surface area contributed by atoms with Crippen LogP contribution in [0.1, 0.15) is 115 Å². The number of rotatable bonds is 12. The van der Waals surface area contributed by atoms with Crippen LogP contribution in [0.3, 0.4) is 0 Å². The summed E-state index contributed by atoms with van der Waals surface area (Å²) < 4.78 is 18.8. The van der Waals surface area contributed by atoms with Crippen molar-refractivity contribution in [2.45, 2.75) is 111 Å². The topological polar surface area (TPSA) is 259 Å². The number of amides is 2. The number of alkyl halides is 2. The summed E-state index contributed by atoms with van der Waals surface area (Å²) in [6.45, 7) is 10.4. The number of hydrogen-bond donors (Lipinski definition) is 0. The van der Waals surface area contributed by atoms with Crippen molar-refractivity contribution in [3.05, 3.63) is 136 Å². The lowest BCUT2D eigenvalue weighted by Gasteiger charge is -2.56. The van der Waals surface area contributed by atoms with E-state index in [2.05, 4.69) is 64.7 Å². The maximum Gasteiger partial charge on any atom is 0.355 e.